The van der Waals surface area contributed by atoms with Crippen LogP contribution in [0.15, 0.2) is 35.3 Å². The minimum Gasteiger partial charge on any atom is -0.492 e. The van der Waals surface area contributed by atoms with Crippen LogP contribution in [0, 0.1) is 0 Å². The van der Waals surface area contributed by atoms with E-state index in [1.54, 1.807) is 18.2 Å². The second-order valence-electron chi connectivity index (χ2n) is 3.62. The number of halogens is 2. The predicted molar refractivity (Wildman–Crippen MR) is 77.1 cm³/mol. The molecule has 0 saturated carbocycles. The van der Waals surface area contributed by atoms with E-state index in [-0.39, 0.29) is 5.91 Å². The molecule has 0 unspecified atom stereocenters. The maximum Gasteiger partial charge on any atom is 0.220 e. The van der Waals surface area contributed by atoms with Crippen molar-refractivity contribution in [2.24, 2.45) is 0 Å². The van der Waals surface area contributed by atoms with Crippen molar-refractivity contribution in [2.75, 3.05) is 13.2 Å². The highest BCUT2D eigenvalue weighted by Crippen LogP contribution is 2.27. The van der Waals surface area contributed by atoms with Gasteiger partial charge in [0.15, 0.2) is 0 Å². The van der Waals surface area contributed by atoms with Gasteiger partial charge in [-0.2, -0.15) is 0 Å². The molecular weight excluding hydrogens is 318 g/mol. The van der Waals surface area contributed by atoms with E-state index >= 15 is 0 Å². The van der Waals surface area contributed by atoms with Gasteiger partial charge in [0.05, 0.1) is 11.6 Å². The van der Waals surface area contributed by atoms with Crippen LogP contribution in [0.4, 0.5) is 0 Å². The first-order valence-corrected chi connectivity index (χ1v) is 6.76. The molecular formula is C13H15BrClNO2. The Kier molecular flexibility index (Phi) is 6.83. The molecule has 0 aromatic heterocycles. The molecule has 0 aliphatic heterocycles. The molecule has 0 fully saturated rings. The lowest BCUT2D eigenvalue weighted by Gasteiger charge is -2.08. The summed E-state index contributed by atoms with van der Waals surface area (Å²) in [5.74, 6) is 0.631. The topological polar surface area (TPSA) is 38.3 Å². The van der Waals surface area contributed by atoms with Crippen molar-refractivity contribution in [3.8, 4) is 5.75 Å². The zero-order chi connectivity index (χ0) is 13.4. The van der Waals surface area contributed by atoms with Gasteiger partial charge in [0, 0.05) is 17.4 Å². The third-order valence-corrected chi connectivity index (χ3v) is 2.93. The van der Waals surface area contributed by atoms with Gasteiger partial charge in [0.2, 0.25) is 5.91 Å². The molecule has 0 aliphatic carbocycles. The number of ether oxygens (including phenoxy) is 1. The van der Waals surface area contributed by atoms with Crippen LogP contribution in [0.5, 0.6) is 5.75 Å². The van der Waals surface area contributed by atoms with E-state index in [4.69, 9.17) is 16.3 Å². The highest BCUT2D eigenvalue weighted by molar-refractivity contribution is 9.10. The summed E-state index contributed by atoms with van der Waals surface area (Å²) in [5.41, 5.74) is 0. The van der Waals surface area contributed by atoms with Crippen molar-refractivity contribution in [1.82, 2.24) is 5.32 Å². The maximum atomic E-state index is 11.3. The minimum absolute atomic E-state index is 0.000373. The second kappa shape index (κ2) is 8.16. The molecule has 1 N–H and O–H groups in total. The molecule has 0 radical (unpaired) electrons. The van der Waals surface area contributed by atoms with Gasteiger partial charge in [0.25, 0.3) is 0 Å². The van der Waals surface area contributed by atoms with E-state index in [0.29, 0.717) is 36.8 Å². The summed E-state index contributed by atoms with van der Waals surface area (Å²) in [6, 6.07) is 5.43. The molecule has 1 amide bonds. The van der Waals surface area contributed by atoms with E-state index in [1.165, 1.54) is 0 Å². The van der Waals surface area contributed by atoms with Gasteiger partial charge in [-0.25, -0.2) is 0 Å². The number of nitrogens with one attached hydrogen (secondary N) is 1. The van der Waals surface area contributed by atoms with Gasteiger partial charge in [-0.15, -0.1) is 6.58 Å². The SMILES string of the molecule is C=CCNC(=O)CCCOc1ccc(Br)cc1Cl. The first-order valence-electron chi connectivity index (χ1n) is 5.59. The molecule has 0 atom stereocenters. The molecule has 1 aromatic rings. The Bertz CT molecular complexity index is 423. The van der Waals surface area contributed by atoms with Crippen LogP contribution in [-0.2, 0) is 4.79 Å². The highest BCUT2D eigenvalue weighted by Gasteiger charge is 2.03. The lowest BCUT2D eigenvalue weighted by molar-refractivity contribution is -0.121. The van der Waals surface area contributed by atoms with Gasteiger partial charge < -0.3 is 10.1 Å². The first kappa shape index (κ1) is 15.1. The van der Waals surface area contributed by atoms with Crippen LogP contribution in [0.25, 0.3) is 0 Å². The van der Waals surface area contributed by atoms with Crippen LogP contribution >= 0.6 is 27.5 Å². The number of carbonyl (C=O) groups is 1. The summed E-state index contributed by atoms with van der Waals surface area (Å²) >= 11 is 9.31. The summed E-state index contributed by atoms with van der Waals surface area (Å²) < 4.78 is 6.40. The molecule has 5 heteroatoms. The third-order valence-electron chi connectivity index (χ3n) is 2.14. The van der Waals surface area contributed by atoms with Gasteiger partial charge in [-0.05, 0) is 24.6 Å². The van der Waals surface area contributed by atoms with Crippen molar-refractivity contribution >= 4 is 33.4 Å². The number of benzene rings is 1. The van der Waals surface area contributed by atoms with Gasteiger partial charge >= 0.3 is 0 Å². The minimum atomic E-state index is 0.000373. The molecule has 0 aliphatic rings. The summed E-state index contributed by atoms with van der Waals surface area (Å²) in [6.45, 7) is 4.49. The molecule has 1 rings (SSSR count). The lowest BCUT2D eigenvalue weighted by Crippen LogP contribution is -2.23. The van der Waals surface area contributed by atoms with Gasteiger partial charge in [-0.3, -0.25) is 4.79 Å². The van der Waals surface area contributed by atoms with Crippen molar-refractivity contribution in [2.45, 2.75) is 12.8 Å². The van der Waals surface area contributed by atoms with Crippen molar-refractivity contribution in [3.63, 3.8) is 0 Å². The molecule has 0 bridgehead atoms. The Morgan fingerprint density at radius 3 is 3.00 bits per heavy atom. The molecule has 18 heavy (non-hydrogen) atoms. The third kappa shape index (κ3) is 5.56. The van der Waals surface area contributed by atoms with Crippen molar-refractivity contribution < 1.29 is 9.53 Å². The van der Waals surface area contributed by atoms with E-state index in [1.807, 2.05) is 6.07 Å². The predicted octanol–water partition coefficient (Wildman–Crippen LogP) is 3.56. The summed E-state index contributed by atoms with van der Waals surface area (Å²) in [5, 5.41) is 3.26. The number of hydrogen-bond donors (Lipinski definition) is 1. The van der Waals surface area contributed by atoms with Gasteiger partial charge in [0.1, 0.15) is 5.75 Å². The monoisotopic (exact) mass is 331 g/mol. The molecule has 1 aromatic carbocycles. The Labute approximate surface area is 120 Å². The zero-order valence-corrected chi connectivity index (χ0v) is 12.3. The quantitative estimate of drug-likeness (QED) is 0.612. The fourth-order valence-electron chi connectivity index (χ4n) is 1.28. The summed E-state index contributed by atoms with van der Waals surface area (Å²) in [6.07, 6.45) is 2.73. The van der Waals surface area contributed by atoms with Gasteiger partial charge in [-0.1, -0.05) is 33.6 Å². The molecule has 0 saturated heterocycles. The largest absolute Gasteiger partial charge is 0.492 e. The van der Waals surface area contributed by atoms with Crippen molar-refractivity contribution in [1.29, 1.82) is 0 Å². The van der Waals surface area contributed by atoms with Crippen LogP contribution in [0.1, 0.15) is 12.8 Å². The summed E-state index contributed by atoms with van der Waals surface area (Å²) in [4.78, 5) is 11.3. The fraction of sp³-hybridized carbons (Fsp3) is 0.308. The lowest BCUT2D eigenvalue weighted by atomic mass is 10.3. The normalized spacial score (nSPS) is 9.89. The molecule has 3 nitrogen and oxygen atoms in total. The first-order chi connectivity index (χ1) is 8.63. The van der Waals surface area contributed by atoms with E-state index in [2.05, 4.69) is 27.8 Å². The second-order valence-corrected chi connectivity index (χ2v) is 4.94. The highest BCUT2D eigenvalue weighted by atomic mass is 79.9. The van der Waals surface area contributed by atoms with Crippen LogP contribution in [-0.4, -0.2) is 19.1 Å². The maximum absolute atomic E-state index is 11.3. The average molecular weight is 333 g/mol. The van der Waals surface area contributed by atoms with E-state index in [9.17, 15) is 4.79 Å². The van der Waals surface area contributed by atoms with E-state index in [0.717, 1.165) is 4.47 Å². The fourth-order valence-corrected chi connectivity index (χ4v) is 2.01. The number of rotatable bonds is 7. The molecule has 0 heterocycles. The molecule has 0 spiro atoms. The Morgan fingerprint density at radius 1 is 1.56 bits per heavy atom. The standard InChI is InChI=1S/C13H15BrClNO2/c1-2-7-16-13(17)4-3-8-18-12-6-5-10(14)9-11(12)15/h2,5-6,9H,1,3-4,7-8H2,(H,16,17). The smallest absolute Gasteiger partial charge is 0.220 e. The van der Waals surface area contributed by atoms with Crippen molar-refractivity contribution in [3.05, 3.63) is 40.3 Å². The number of carbonyl (C=O) groups excluding carboxylic acids is 1. The Balaban J connectivity index is 2.25. The number of amides is 1. The van der Waals surface area contributed by atoms with Crippen LogP contribution in [0.3, 0.4) is 0 Å². The molecule has 98 valence electrons. The van der Waals surface area contributed by atoms with Crippen LogP contribution in [0.2, 0.25) is 5.02 Å². The van der Waals surface area contributed by atoms with E-state index < -0.39 is 0 Å². The Hall–Kier alpha value is -1.000. The Morgan fingerprint density at radius 2 is 2.33 bits per heavy atom. The zero-order valence-electron chi connectivity index (χ0n) is 9.92. The van der Waals surface area contributed by atoms with Crippen LogP contribution < -0.4 is 10.1 Å². The number of hydrogen-bond acceptors (Lipinski definition) is 2. The average Bonchev–Trinajstić information content (AvgIpc) is 2.34. The summed E-state index contributed by atoms with van der Waals surface area (Å²) in [7, 11) is 0.